The largest absolute Gasteiger partial charge is 0.492 e. The van der Waals surface area contributed by atoms with Crippen LogP contribution in [0.5, 0.6) is 11.8 Å². The zero-order valence-corrected chi connectivity index (χ0v) is 24.6. The number of nitrogens with zero attached hydrogens (tertiary/aromatic N) is 4. The van der Waals surface area contributed by atoms with Crippen LogP contribution >= 0.6 is 23.7 Å². The van der Waals surface area contributed by atoms with Crippen molar-refractivity contribution in [3.8, 4) is 22.9 Å². The summed E-state index contributed by atoms with van der Waals surface area (Å²) in [7, 11) is 4.57. The minimum Gasteiger partial charge on any atom is -0.492 e. The minimum absolute atomic E-state index is 0. The fourth-order valence-corrected chi connectivity index (χ4v) is 6.17. The van der Waals surface area contributed by atoms with Crippen LogP contribution in [-0.2, 0) is 13.0 Å². The summed E-state index contributed by atoms with van der Waals surface area (Å²) in [6, 6.07) is 10.6. The molecule has 0 aliphatic heterocycles. The number of likely N-dealkylation sites (N-methyl/N-ethyl adjacent to an activating group) is 1. The molecule has 0 unspecified atom stereocenters. The number of benzene rings is 1. The Morgan fingerprint density at radius 2 is 1.81 bits per heavy atom. The van der Waals surface area contributed by atoms with Crippen molar-refractivity contribution in [3.05, 3.63) is 59.0 Å². The zero-order valence-electron chi connectivity index (χ0n) is 23.0. The van der Waals surface area contributed by atoms with E-state index in [1.807, 2.05) is 29.2 Å². The van der Waals surface area contributed by atoms with E-state index in [0.717, 1.165) is 28.0 Å². The van der Waals surface area contributed by atoms with Gasteiger partial charge in [0.1, 0.15) is 10.6 Å². The maximum absolute atomic E-state index is 13.6. The van der Waals surface area contributed by atoms with E-state index in [1.54, 1.807) is 13.1 Å². The maximum Gasteiger partial charge on any atom is 0.393 e. The van der Waals surface area contributed by atoms with E-state index < -0.39 is 24.6 Å². The molecule has 226 valence electrons. The number of nitrogens with one attached hydrogen (secondary N) is 1. The Morgan fingerprint density at radius 3 is 2.48 bits per heavy atom. The Balaban J connectivity index is 0.00000405. The van der Waals surface area contributed by atoms with Gasteiger partial charge in [0, 0.05) is 36.3 Å². The van der Waals surface area contributed by atoms with Crippen molar-refractivity contribution in [2.45, 2.75) is 50.2 Å². The molecule has 0 radical (unpaired) electrons. The zero-order chi connectivity index (χ0) is 29.3. The van der Waals surface area contributed by atoms with Crippen LogP contribution in [0.1, 0.15) is 23.3 Å². The lowest BCUT2D eigenvalue weighted by molar-refractivity contribution is -0.126. The van der Waals surface area contributed by atoms with Crippen LogP contribution in [-0.4, -0.2) is 65.7 Å². The Bertz CT molecular complexity index is 1520. The minimum atomic E-state index is -4.34. The predicted molar refractivity (Wildman–Crippen MR) is 155 cm³/mol. The highest BCUT2D eigenvalue weighted by Crippen LogP contribution is 2.37. The van der Waals surface area contributed by atoms with Crippen molar-refractivity contribution in [3.63, 3.8) is 0 Å². The third-order valence-corrected chi connectivity index (χ3v) is 8.23. The second kappa shape index (κ2) is 12.9. The number of ether oxygens (including phenoxy) is 2. The molecular weight excluding hydrogens is 598 g/mol. The molecule has 4 aromatic rings. The molecule has 1 aliphatic rings. The van der Waals surface area contributed by atoms with E-state index in [1.165, 1.54) is 26.5 Å². The van der Waals surface area contributed by atoms with Gasteiger partial charge in [-0.1, -0.05) is 24.3 Å². The Kier molecular flexibility index (Phi) is 9.76. The lowest BCUT2D eigenvalue weighted by Crippen LogP contribution is -2.38. The second-order valence-corrected chi connectivity index (χ2v) is 11.1. The van der Waals surface area contributed by atoms with Crippen LogP contribution in [0.3, 0.4) is 0 Å². The normalized spacial score (nSPS) is 18.6. The number of halogens is 5. The monoisotopic (exact) mass is 627 g/mol. The van der Waals surface area contributed by atoms with Crippen molar-refractivity contribution in [2.24, 2.45) is 0 Å². The molecule has 1 aromatic carbocycles. The quantitative estimate of drug-likeness (QED) is 0.184. The number of pyridine rings is 1. The van der Waals surface area contributed by atoms with E-state index in [2.05, 4.69) is 20.3 Å². The first-order chi connectivity index (χ1) is 19.5. The predicted octanol–water partition coefficient (Wildman–Crippen LogP) is 5.55. The highest BCUT2D eigenvalue weighted by Gasteiger charge is 2.37. The number of hydrogen-bond donors (Lipinski definition) is 2. The van der Waals surface area contributed by atoms with E-state index in [4.69, 9.17) is 9.47 Å². The molecule has 5 rings (SSSR count). The van der Waals surface area contributed by atoms with E-state index >= 15 is 0 Å². The van der Waals surface area contributed by atoms with Crippen molar-refractivity contribution < 1.29 is 32.1 Å². The molecule has 0 bridgehead atoms. The number of thiophene rings is 1. The Labute approximate surface area is 250 Å². The first-order valence-electron chi connectivity index (χ1n) is 12.9. The van der Waals surface area contributed by atoms with Crippen LogP contribution in [0, 0.1) is 5.95 Å². The summed E-state index contributed by atoms with van der Waals surface area (Å²) in [6.45, 7) is 0.565. The summed E-state index contributed by atoms with van der Waals surface area (Å²) >= 11 is 0.958. The van der Waals surface area contributed by atoms with Gasteiger partial charge in [-0.3, -0.25) is 0 Å². The van der Waals surface area contributed by atoms with Gasteiger partial charge in [-0.05, 0) is 36.1 Å². The van der Waals surface area contributed by atoms with Crippen LogP contribution in [0.2, 0.25) is 0 Å². The molecule has 14 heteroatoms. The molecule has 0 spiro atoms. The van der Waals surface area contributed by atoms with Crippen LogP contribution in [0.25, 0.3) is 21.3 Å². The fraction of sp³-hybridized carbons (Fsp3) is 0.393. The maximum atomic E-state index is 13.6. The summed E-state index contributed by atoms with van der Waals surface area (Å²) in [5.41, 5.74) is 2.63. The van der Waals surface area contributed by atoms with Crippen molar-refractivity contribution >= 4 is 39.8 Å². The molecule has 8 nitrogen and oxygen atoms in total. The molecule has 3 aromatic heterocycles. The summed E-state index contributed by atoms with van der Waals surface area (Å²) in [6.07, 6.45) is -3.50. The van der Waals surface area contributed by atoms with E-state index in [0.29, 0.717) is 35.4 Å². The molecule has 0 saturated heterocycles. The second-order valence-electron chi connectivity index (χ2n) is 9.97. The summed E-state index contributed by atoms with van der Waals surface area (Å²) in [4.78, 5) is 14.8. The van der Waals surface area contributed by atoms with E-state index in [9.17, 15) is 22.7 Å². The molecule has 1 saturated carbocycles. The summed E-state index contributed by atoms with van der Waals surface area (Å²) < 4.78 is 62.9. The van der Waals surface area contributed by atoms with E-state index in [-0.39, 0.29) is 41.1 Å². The standard InChI is InChI=1S/C28H29F4N5O3S.ClH/c1-37(25-20-11-19(12-28(30,31)32)41-26(20)36-27(35-25)40-3)21-9-18(10-22(21)38)33-13-15-4-6-16(7-5-15)17-8-23(39-2)24(29)34-14-17;/h4-8,11,14,18,21-22,33,38H,9-10,12-13H2,1-3H3;1H/t18-,21+,22-;/m1./s1. The molecule has 1 fully saturated rings. The number of fused-ring (bicyclic) bond motifs is 1. The number of aromatic nitrogens is 3. The van der Waals surface area contributed by atoms with Crippen LogP contribution < -0.4 is 19.7 Å². The van der Waals surface area contributed by atoms with Gasteiger partial charge in [0.25, 0.3) is 5.95 Å². The smallest absolute Gasteiger partial charge is 0.393 e. The number of aliphatic hydroxyl groups is 1. The first kappa shape index (κ1) is 31.7. The molecule has 0 amide bonds. The average Bonchev–Trinajstić information content (AvgIpc) is 3.52. The van der Waals surface area contributed by atoms with Gasteiger partial charge < -0.3 is 24.8 Å². The highest BCUT2D eigenvalue weighted by atomic mass is 35.5. The molecular formula is C28H30ClF4N5O3S. The number of aliphatic hydroxyl groups excluding tert-OH is 1. The van der Waals surface area contributed by atoms with Crippen molar-refractivity contribution in [2.75, 3.05) is 26.2 Å². The third-order valence-electron chi connectivity index (χ3n) is 7.20. The fourth-order valence-electron chi connectivity index (χ4n) is 5.12. The lowest BCUT2D eigenvalue weighted by atomic mass is 10.1. The Morgan fingerprint density at radius 1 is 1.07 bits per heavy atom. The number of methoxy groups -OCH3 is 2. The Hall–Kier alpha value is -3.26. The van der Waals surface area contributed by atoms with Crippen molar-refractivity contribution in [1.29, 1.82) is 0 Å². The van der Waals surface area contributed by atoms with Gasteiger partial charge in [-0.2, -0.15) is 27.5 Å². The molecule has 42 heavy (non-hydrogen) atoms. The molecule has 3 atom stereocenters. The summed E-state index contributed by atoms with van der Waals surface area (Å²) in [5.74, 6) is -0.164. The van der Waals surface area contributed by atoms with Gasteiger partial charge in [-0.25, -0.2) is 4.98 Å². The first-order valence-corrected chi connectivity index (χ1v) is 13.7. The SMILES string of the molecule is COc1nc(N(C)[C@H]2C[C@@H](NCc3ccc(-c4cnc(F)c(OC)c4)cc3)C[C@H]2O)c2cc(CC(F)(F)F)sc2n1.Cl. The van der Waals surface area contributed by atoms with Gasteiger partial charge in [0.2, 0.25) is 0 Å². The third kappa shape index (κ3) is 7.02. The average molecular weight is 628 g/mol. The van der Waals surface area contributed by atoms with Gasteiger partial charge in [-0.15, -0.1) is 23.7 Å². The lowest BCUT2D eigenvalue weighted by Gasteiger charge is -2.28. The van der Waals surface area contributed by atoms with Crippen molar-refractivity contribution in [1.82, 2.24) is 20.3 Å². The van der Waals surface area contributed by atoms with Crippen LogP contribution in [0.15, 0.2) is 42.6 Å². The van der Waals surface area contributed by atoms with Gasteiger partial charge >= 0.3 is 12.2 Å². The number of alkyl halides is 3. The molecule has 3 heterocycles. The topological polar surface area (TPSA) is 92.6 Å². The number of anilines is 1. The number of rotatable bonds is 9. The molecule has 1 aliphatic carbocycles. The van der Waals surface area contributed by atoms with Gasteiger partial charge in [0.15, 0.2) is 5.75 Å². The molecule has 2 N–H and O–H groups in total. The highest BCUT2D eigenvalue weighted by molar-refractivity contribution is 7.18. The van der Waals surface area contributed by atoms with Crippen LogP contribution in [0.4, 0.5) is 23.4 Å². The summed E-state index contributed by atoms with van der Waals surface area (Å²) in [5, 5.41) is 14.9. The van der Waals surface area contributed by atoms with Gasteiger partial charge in [0.05, 0.1) is 38.2 Å². The number of hydrogen-bond acceptors (Lipinski definition) is 9.